The highest BCUT2D eigenvalue weighted by molar-refractivity contribution is 6.32. The van der Waals surface area contributed by atoms with E-state index in [1.807, 2.05) is 20.2 Å². The fourth-order valence-electron chi connectivity index (χ4n) is 2.27. The van der Waals surface area contributed by atoms with Crippen LogP contribution in [-0.2, 0) is 13.6 Å². The highest BCUT2D eigenvalue weighted by Gasteiger charge is 2.07. The first-order chi connectivity index (χ1) is 10.0. The number of anilines is 1. The van der Waals surface area contributed by atoms with Crippen LogP contribution in [0.5, 0.6) is 5.75 Å². The van der Waals surface area contributed by atoms with E-state index in [4.69, 9.17) is 11.6 Å². The maximum Gasteiger partial charge on any atom is 0.157 e. The van der Waals surface area contributed by atoms with Crippen LogP contribution in [0.4, 0.5) is 5.69 Å². The minimum Gasteiger partial charge on any atom is -0.506 e. The number of pyridine rings is 1. The normalized spacial score (nSPS) is 11.0. The topological polar surface area (TPSA) is 63.0 Å². The summed E-state index contributed by atoms with van der Waals surface area (Å²) < 4.78 is 1.78. The third-order valence-corrected chi connectivity index (χ3v) is 3.67. The summed E-state index contributed by atoms with van der Waals surface area (Å²) in [7, 11) is 1.89. The van der Waals surface area contributed by atoms with Crippen LogP contribution in [0.2, 0.25) is 5.02 Å². The fraction of sp³-hybridized carbons (Fsp3) is 0.200. The van der Waals surface area contributed by atoms with Crippen molar-refractivity contribution in [2.45, 2.75) is 13.5 Å². The zero-order valence-corrected chi connectivity index (χ0v) is 12.5. The first kappa shape index (κ1) is 13.7. The molecule has 0 atom stereocenters. The van der Waals surface area contributed by atoms with Gasteiger partial charge in [-0.25, -0.2) is 4.98 Å². The summed E-state index contributed by atoms with van der Waals surface area (Å²) in [6.45, 7) is 2.60. The summed E-state index contributed by atoms with van der Waals surface area (Å²) in [6, 6.07) is 7.12. The third-order valence-electron chi connectivity index (χ3n) is 3.36. The Hall–Kier alpha value is -2.27. The largest absolute Gasteiger partial charge is 0.506 e. The van der Waals surface area contributed by atoms with Gasteiger partial charge >= 0.3 is 0 Å². The van der Waals surface area contributed by atoms with Gasteiger partial charge in [0.15, 0.2) is 5.65 Å². The van der Waals surface area contributed by atoms with Gasteiger partial charge in [-0.15, -0.1) is 0 Å². The van der Waals surface area contributed by atoms with Crippen molar-refractivity contribution < 1.29 is 5.11 Å². The molecule has 1 aromatic carbocycles. The molecule has 3 rings (SSSR count). The van der Waals surface area contributed by atoms with Crippen LogP contribution >= 0.6 is 11.6 Å². The molecular weight excluding hydrogens is 288 g/mol. The summed E-state index contributed by atoms with van der Waals surface area (Å²) in [4.78, 5) is 4.44. The Bertz CT molecular complexity index is 813. The Kier molecular flexibility index (Phi) is 3.43. The number of hydrogen-bond donors (Lipinski definition) is 2. The predicted octanol–water partition coefficient (Wildman–Crippen LogP) is 3.25. The number of aryl methyl sites for hydroxylation is 2. The summed E-state index contributed by atoms with van der Waals surface area (Å²) in [5.41, 5.74) is 3.75. The average molecular weight is 303 g/mol. The highest BCUT2D eigenvalue weighted by atomic mass is 35.5. The molecule has 0 saturated heterocycles. The van der Waals surface area contributed by atoms with Crippen molar-refractivity contribution >= 4 is 28.3 Å². The standard InChI is InChI=1S/C15H15ClN4O/c1-9-12-5-10(8-18-15(12)20(2)19-9)7-17-11-3-4-14(21)13(16)6-11/h3-6,8,17,21H,7H2,1-2H3. The van der Waals surface area contributed by atoms with Gasteiger partial charge in [0.25, 0.3) is 0 Å². The van der Waals surface area contributed by atoms with E-state index in [9.17, 15) is 5.11 Å². The van der Waals surface area contributed by atoms with Crippen molar-refractivity contribution in [1.29, 1.82) is 0 Å². The summed E-state index contributed by atoms with van der Waals surface area (Å²) in [5, 5.41) is 18.4. The lowest BCUT2D eigenvalue weighted by atomic mass is 10.2. The second-order valence-corrected chi connectivity index (χ2v) is 5.35. The molecule has 0 saturated carbocycles. The Morgan fingerprint density at radius 3 is 2.90 bits per heavy atom. The van der Waals surface area contributed by atoms with Gasteiger partial charge in [0.1, 0.15) is 5.75 Å². The molecule has 0 unspecified atom stereocenters. The Balaban J connectivity index is 1.81. The molecule has 21 heavy (non-hydrogen) atoms. The van der Waals surface area contributed by atoms with Crippen molar-refractivity contribution in [3.63, 3.8) is 0 Å². The Morgan fingerprint density at radius 2 is 2.14 bits per heavy atom. The van der Waals surface area contributed by atoms with Gasteiger partial charge in [-0.3, -0.25) is 4.68 Å². The highest BCUT2D eigenvalue weighted by Crippen LogP contribution is 2.26. The van der Waals surface area contributed by atoms with E-state index in [-0.39, 0.29) is 5.75 Å². The van der Waals surface area contributed by atoms with Crippen molar-refractivity contribution in [3.05, 3.63) is 46.7 Å². The second kappa shape index (κ2) is 5.26. The molecule has 0 aliphatic heterocycles. The van der Waals surface area contributed by atoms with Gasteiger partial charge < -0.3 is 10.4 Å². The van der Waals surface area contributed by atoms with E-state index < -0.39 is 0 Å². The number of aromatic nitrogens is 3. The number of nitrogens with zero attached hydrogens (tertiary/aromatic N) is 3. The number of hydrogen-bond acceptors (Lipinski definition) is 4. The molecule has 2 N–H and O–H groups in total. The lowest BCUT2D eigenvalue weighted by Gasteiger charge is -2.07. The molecule has 5 nitrogen and oxygen atoms in total. The molecule has 0 aliphatic rings. The number of nitrogens with one attached hydrogen (secondary N) is 1. The number of aromatic hydroxyl groups is 1. The smallest absolute Gasteiger partial charge is 0.157 e. The summed E-state index contributed by atoms with van der Waals surface area (Å²) in [5.74, 6) is 0.0799. The number of benzene rings is 1. The fourth-order valence-corrected chi connectivity index (χ4v) is 2.45. The van der Waals surface area contributed by atoms with Crippen LogP contribution in [0.25, 0.3) is 11.0 Å². The van der Waals surface area contributed by atoms with E-state index >= 15 is 0 Å². The quantitative estimate of drug-likeness (QED) is 0.729. The van der Waals surface area contributed by atoms with Crippen molar-refractivity contribution in [1.82, 2.24) is 14.8 Å². The number of rotatable bonds is 3. The van der Waals surface area contributed by atoms with Crippen LogP contribution < -0.4 is 5.32 Å². The molecule has 0 spiro atoms. The Labute approximate surface area is 127 Å². The lowest BCUT2D eigenvalue weighted by molar-refractivity contribution is 0.475. The molecule has 3 aromatic rings. The van der Waals surface area contributed by atoms with Crippen molar-refractivity contribution in [3.8, 4) is 5.75 Å². The van der Waals surface area contributed by atoms with E-state index in [0.29, 0.717) is 11.6 Å². The van der Waals surface area contributed by atoms with Gasteiger partial charge in [0.05, 0.1) is 10.7 Å². The van der Waals surface area contributed by atoms with Gasteiger partial charge in [-0.1, -0.05) is 11.6 Å². The maximum atomic E-state index is 9.40. The SMILES string of the molecule is Cc1nn(C)c2ncc(CNc3ccc(O)c(Cl)c3)cc12. The van der Waals surface area contributed by atoms with E-state index in [0.717, 1.165) is 28.0 Å². The average Bonchev–Trinajstić information content (AvgIpc) is 2.75. The minimum atomic E-state index is 0.0799. The van der Waals surface area contributed by atoms with Crippen LogP contribution in [0.15, 0.2) is 30.5 Å². The Morgan fingerprint density at radius 1 is 1.33 bits per heavy atom. The van der Waals surface area contributed by atoms with Crippen LogP contribution in [0.3, 0.4) is 0 Å². The van der Waals surface area contributed by atoms with Crippen LogP contribution in [0.1, 0.15) is 11.3 Å². The molecule has 0 fully saturated rings. The second-order valence-electron chi connectivity index (χ2n) is 4.94. The lowest BCUT2D eigenvalue weighted by Crippen LogP contribution is -2.00. The number of phenolic OH excluding ortho intramolecular Hbond substituents is 1. The predicted molar refractivity (Wildman–Crippen MR) is 83.7 cm³/mol. The van der Waals surface area contributed by atoms with E-state index in [1.165, 1.54) is 0 Å². The van der Waals surface area contributed by atoms with Gasteiger partial charge in [-0.05, 0) is 36.8 Å². The minimum absolute atomic E-state index is 0.0799. The number of halogens is 1. The summed E-state index contributed by atoms with van der Waals surface area (Å²) >= 11 is 5.88. The van der Waals surface area contributed by atoms with Crippen molar-refractivity contribution in [2.24, 2.45) is 7.05 Å². The van der Waals surface area contributed by atoms with Crippen LogP contribution in [-0.4, -0.2) is 19.9 Å². The molecule has 2 heterocycles. The van der Waals surface area contributed by atoms with Crippen molar-refractivity contribution in [2.75, 3.05) is 5.32 Å². The molecule has 2 aromatic heterocycles. The first-order valence-corrected chi connectivity index (χ1v) is 6.93. The molecule has 0 aliphatic carbocycles. The van der Waals surface area contributed by atoms with Gasteiger partial charge in [0.2, 0.25) is 0 Å². The molecule has 108 valence electrons. The van der Waals surface area contributed by atoms with E-state index in [1.54, 1.807) is 22.9 Å². The first-order valence-electron chi connectivity index (χ1n) is 6.55. The maximum absolute atomic E-state index is 9.40. The number of phenols is 1. The molecule has 0 amide bonds. The van der Waals surface area contributed by atoms with E-state index in [2.05, 4.69) is 21.5 Å². The molecule has 0 radical (unpaired) electrons. The zero-order valence-electron chi connectivity index (χ0n) is 11.8. The summed E-state index contributed by atoms with van der Waals surface area (Å²) in [6.07, 6.45) is 1.83. The van der Waals surface area contributed by atoms with Crippen LogP contribution in [0, 0.1) is 6.92 Å². The van der Waals surface area contributed by atoms with Gasteiger partial charge in [-0.2, -0.15) is 5.10 Å². The molecule has 0 bridgehead atoms. The number of fused-ring (bicyclic) bond motifs is 1. The molecule has 6 heteroatoms. The zero-order chi connectivity index (χ0) is 15.0. The van der Waals surface area contributed by atoms with Gasteiger partial charge in [0, 0.05) is 30.9 Å². The monoisotopic (exact) mass is 302 g/mol. The third kappa shape index (κ3) is 2.64. The molecular formula is C15H15ClN4O.